The SMILES string of the molecule is CCNC(=O)[C@@]1(OCc2ccccc2C#N)C[C@@H](OCc2ccc(C)cc2)[C@@H]2OC(C)(C)O[C@@H]2C1. The van der Waals surface area contributed by atoms with Crippen molar-refractivity contribution >= 4 is 5.91 Å². The Balaban J connectivity index is 1.61. The summed E-state index contributed by atoms with van der Waals surface area (Å²) in [7, 11) is 0. The zero-order valence-electron chi connectivity index (χ0n) is 20.9. The highest BCUT2D eigenvalue weighted by Gasteiger charge is 2.58. The third kappa shape index (κ3) is 5.74. The lowest BCUT2D eigenvalue weighted by Gasteiger charge is -2.43. The van der Waals surface area contributed by atoms with Crippen molar-refractivity contribution in [2.75, 3.05) is 6.54 Å². The first-order chi connectivity index (χ1) is 16.7. The van der Waals surface area contributed by atoms with Gasteiger partial charge in [0.05, 0.1) is 37.1 Å². The minimum absolute atomic E-state index is 0.132. The molecule has 1 saturated heterocycles. The molecule has 1 aliphatic carbocycles. The first-order valence-electron chi connectivity index (χ1n) is 12.2. The van der Waals surface area contributed by atoms with Gasteiger partial charge in [0.25, 0.3) is 5.91 Å². The van der Waals surface area contributed by atoms with E-state index in [4.69, 9.17) is 18.9 Å². The number of nitrogens with one attached hydrogen (secondary N) is 1. The highest BCUT2D eigenvalue weighted by atomic mass is 16.8. The fourth-order valence-electron chi connectivity index (χ4n) is 4.89. The van der Waals surface area contributed by atoms with E-state index < -0.39 is 17.5 Å². The summed E-state index contributed by atoms with van der Waals surface area (Å²) in [6.45, 7) is 8.68. The standard InChI is InChI=1S/C28H34N2O5/c1-5-30-26(31)28(33-18-22-9-7-6-8-21(22)16-29)14-23(25-24(15-28)34-27(3,4)35-25)32-17-20-12-10-19(2)11-13-20/h6-13,23-25H,5,14-15,17-18H2,1-4H3,(H,30,31)/t23-,24-,25+,28-/m1/s1. The van der Waals surface area contributed by atoms with Gasteiger partial charge in [-0.2, -0.15) is 5.26 Å². The zero-order chi connectivity index (χ0) is 25.1. The summed E-state index contributed by atoms with van der Waals surface area (Å²) in [6.07, 6.45) is -0.430. The fourth-order valence-corrected chi connectivity index (χ4v) is 4.89. The lowest BCUT2D eigenvalue weighted by Crippen LogP contribution is -2.60. The van der Waals surface area contributed by atoms with E-state index in [1.54, 1.807) is 6.07 Å². The molecular weight excluding hydrogens is 444 g/mol. The van der Waals surface area contributed by atoms with Gasteiger partial charge in [0.1, 0.15) is 6.10 Å². The Morgan fingerprint density at radius 3 is 2.57 bits per heavy atom. The quantitative estimate of drug-likeness (QED) is 0.613. The van der Waals surface area contributed by atoms with E-state index in [-0.39, 0.29) is 24.7 Å². The molecule has 2 fully saturated rings. The summed E-state index contributed by atoms with van der Waals surface area (Å²) in [5, 5.41) is 12.4. The predicted molar refractivity (Wildman–Crippen MR) is 130 cm³/mol. The highest BCUT2D eigenvalue weighted by molar-refractivity contribution is 5.85. The van der Waals surface area contributed by atoms with Gasteiger partial charge in [-0.3, -0.25) is 4.79 Å². The van der Waals surface area contributed by atoms with Crippen LogP contribution in [0.15, 0.2) is 48.5 Å². The van der Waals surface area contributed by atoms with Crippen LogP contribution in [0.1, 0.15) is 55.9 Å². The first kappa shape index (κ1) is 25.3. The summed E-state index contributed by atoms with van der Waals surface area (Å²) in [4.78, 5) is 13.4. The van der Waals surface area contributed by atoms with Crippen LogP contribution < -0.4 is 5.32 Å². The minimum atomic E-state index is -1.18. The van der Waals surface area contributed by atoms with Gasteiger partial charge in [0, 0.05) is 19.4 Å². The van der Waals surface area contributed by atoms with Crippen LogP contribution >= 0.6 is 0 Å². The Morgan fingerprint density at radius 1 is 1.11 bits per heavy atom. The summed E-state index contributed by atoms with van der Waals surface area (Å²) >= 11 is 0. The molecule has 7 heteroatoms. The van der Waals surface area contributed by atoms with Crippen LogP contribution in [0.5, 0.6) is 0 Å². The number of hydrogen-bond donors (Lipinski definition) is 1. The Morgan fingerprint density at radius 2 is 1.86 bits per heavy atom. The molecule has 2 aromatic carbocycles. The molecule has 1 saturated carbocycles. The molecule has 1 aliphatic heterocycles. The maximum Gasteiger partial charge on any atom is 0.252 e. The number of amides is 1. The minimum Gasteiger partial charge on any atom is -0.371 e. The number of ether oxygens (including phenoxy) is 4. The second-order valence-corrected chi connectivity index (χ2v) is 9.79. The van der Waals surface area contributed by atoms with Gasteiger partial charge < -0.3 is 24.3 Å². The number of rotatable bonds is 8. The monoisotopic (exact) mass is 478 g/mol. The number of nitriles is 1. The van der Waals surface area contributed by atoms with Crippen molar-refractivity contribution in [3.05, 3.63) is 70.8 Å². The van der Waals surface area contributed by atoms with Gasteiger partial charge in [0.2, 0.25) is 0 Å². The molecule has 2 aliphatic rings. The normalized spacial score (nSPS) is 27.1. The average Bonchev–Trinajstić information content (AvgIpc) is 3.16. The number of likely N-dealkylation sites (N-methyl/N-ethyl adjacent to an activating group) is 1. The molecule has 2 aromatic rings. The van der Waals surface area contributed by atoms with Crippen molar-refractivity contribution in [3.8, 4) is 6.07 Å². The van der Waals surface area contributed by atoms with Crippen LogP contribution in [0.3, 0.4) is 0 Å². The summed E-state index contributed by atoms with van der Waals surface area (Å²) < 4.78 is 25.2. The summed E-state index contributed by atoms with van der Waals surface area (Å²) in [5.41, 5.74) is 2.31. The van der Waals surface area contributed by atoms with Crippen molar-refractivity contribution in [3.63, 3.8) is 0 Å². The second kappa shape index (κ2) is 10.5. The molecule has 0 radical (unpaired) electrons. The van der Waals surface area contributed by atoms with Crippen LogP contribution in [0.2, 0.25) is 0 Å². The predicted octanol–water partition coefficient (Wildman–Crippen LogP) is 4.16. The first-order valence-corrected chi connectivity index (χ1v) is 12.2. The molecule has 1 amide bonds. The smallest absolute Gasteiger partial charge is 0.252 e. The van der Waals surface area contributed by atoms with Gasteiger partial charge in [-0.1, -0.05) is 48.0 Å². The van der Waals surface area contributed by atoms with E-state index in [1.165, 1.54) is 5.56 Å². The van der Waals surface area contributed by atoms with Crippen LogP contribution in [-0.2, 0) is 37.0 Å². The molecule has 7 nitrogen and oxygen atoms in total. The summed E-state index contributed by atoms with van der Waals surface area (Å²) in [5.74, 6) is -0.990. The van der Waals surface area contributed by atoms with Crippen LogP contribution in [0.4, 0.5) is 0 Å². The number of carbonyl (C=O) groups excluding carboxylic acids is 1. The van der Waals surface area contributed by atoms with Gasteiger partial charge in [-0.25, -0.2) is 0 Å². The van der Waals surface area contributed by atoms with E-state index in [0.29, 0.717) is 31.6 Å². The topological polar surface area (TPSA) is 89.8 Å². The molecular formula is C28H34N2O5. The number of nitrogens with zero attached hydrogens (tertiary/aromatic N) is 1. The Labute approximate surface area is 207 Å². The van der Waals surface area contributed by atoms with Crippen LogP contribution in [-0.4, -0.2) is 42.2 Å². The van der Waals surface area contributed by atoms with Gasteiger partial charge in [-0.05, 0) is 44.9 Å². The van der Waals surface area contributed by atoms with Gasteiger partial charge in [0.15, 0.2) is 11.4 Å². The van der Waals surface area contributed by atoms with Crippen LogP contribution in [0, 0.1) is 18.3 Å². The molecule has 35 heavy (non-hydrogen) atoms. The van der Waals surface area contributed by atoms with Crippen LogP contribution in [0.25, 0.3) is 0 Å². The number of carbonyl (C=O) groups is 1. The molecule has 0 unspecified atom stereocenters. The van der Waals surface area contributed by atoms with E-state index >= 15 is 0 Å². The largest absolute Gasteiger partial charge is 0.371 e. The summed E-state index contributed by atoms with van der Waals surface area (Å²) in [6, 6.07) is 17.6. The fraction of sp³-hybridized carbons (Fsp3) is 0.500. The van der Waals surface area contributed by atoms with Crippen molar-refractivity contribution in [2.45, 2.75) is 83.5 Å². The molecule has 0 aromatic heterocycles. The lowest BCUT2D eigenvalue weighted by atomic mass is 9.78. The molecule has 186 valence electrons. The van der Waals surface area contributed by atoms with E-state index in [0.717, 1.165) is 11.1 Å². The van der Waals surface area contributed by atoms with E-state index in [9.17, 15) is 10.1 Å². The maximum atomic E-state index is 13.4. The van der Waals surface area contributed by atoms with E-state index in [2.05, 4.69) is 23.5 Å². The molecule has 4 atom stereocenters. The van der Waals surface area contributed by atoms with Crippen molar-refractivity contribution in [1.29, 1.82) is 5.26 Å². The Bertz CT molecular complexity index is 1080. The van der Waals surface area contributed by atoms with Crippen molar-refractivity contribution in [2.24, 2.45) is 0 Å². The van der Waals surface area contributed by atoms with E-state index in [1.807, 2.05) is 58.0 Å². The Kier molecular flexibility index (Phi) is 7.58. The number of aryl methyl sites for hydroxylation is 1. The maximum absolute atomic E-state index is 13.4. The van der Waals surface area contributed by atoms with Crippen molar-refractivity contribution in [1.82, 2.24) is 5.32 Å². The molecule has 1 N–H and O–H groups in total. The molecule has 1 heterocycles. The average molecular weight is 479 g/mol. The Hall–Kier alpha value is -2.76. The molecule has 0 spiro atoms. The number of benzene rings is 2. The number of fused-ring (bicyclic) bond motifs is 1. The number of hydrogen-bond acceptors (Lipinski definition) is 6. The van der Waals surface area contributed by atoms with Crippen molar-refractivity contribution < 1.29 is 23.7 Å². The highest BCUT2D eigenvalue weighted by Crippen LogP contribution is 2.44. The molecule has 4 rings (SSSR count). The third-order valence-corrected chi connectivity index (χ3v) is 6.63. The lowest BCUT2D eigenvalue weighted by molar-refractivity contribution is -0.183. The molecule has 0 bridgehead atoms. The van der Waals surface area contributed by atoms with Gasteiger partial charge in [-0.15, -0.1) is 0 Å². The third-order valence-electron chi connectivity index (χ3n) is 6.63. The second-order valence-electron chi connectivity index (χ2n) is 9.79. The van der Waals surface area contributed by atoms with Gasteiger partial charge >= 0.3 is 0 Å². The zero-order valence-corrected chi connectivity index (χ0v) is 20.9.